The van der Waals surface area contributed by atoms with Crippen molar-refractivity contribution in [3.05, 3.63) is 86.9 Å². The van der Waals surface area contributed by atoms with Crippen molar-refractivity contribution in [3.63, 3.8) is 0 Å². The van der Waals surface area contributed by atoms with Crippen LogP contribution in [0.2, 0.25) is 5.02 Å². The van der Waals surface area contributed by atoms with Crippen molar-refractivity contribution in [1.29, 1.82) is 0 Å². The molecule has 4 rings (SSSR count). The average molecular weight is 441 g/mol. The Labute approximate surface area is 184 Å². The van der Waals surface area contributed by atoms with Gasteiger partial charge in [0.15, 0.2) is 11.4 Å². The summed E-state index contributed by atoms with van der Waals surface area (Å²) in [5, 5.41) is 12.5. The molecule has 2 atom stereocenters. The van der Waals surface area contributed by atoms with Crippen molar-refractivity contribution in [3.8, 4) is 0 Å². The first-order valence-corrected chi connectivity index (χ1v) is 10.8. The van der Waals surface area contributed by atoms with Crippen molar-refractivity contribution >= 4 is 40.6 Å². The van der Waals surface area contributed by atoms with Gasteiger partial charge >= 0.3 is 5.97 Å². The fourth-order valence-corrected chi connectivity index (χ4v) is 4.83. The molecule has 0 saturated carbocycles. The van der Waals surface area contributed by atoms with E-state index in [1.165, 1.54) is 11.8 Å². The van der Waals surface area contributed by atoms with E-state index in [9.17, 15) is 9.90 Å². The summed E-state index contributed by atoms with van der Waals surface area (Å²) < 4.78 is 5.31. The van der Waals surface area contributed by atoms with Crippen LogP contribution in [0.15, 0.2) is 75.8 Å². The number of hydrogen-bond donors (Lipinski definition) is 1. The molecule has 0 bridgehead atoms. The van der Waals surface area contributed by atoms with Crippen LogP contribution in [-0.2, 0) is 9.53 Å². The fraction of sp³-hybridized carbons (Fsp3) is 0.217. The van der Waals surface area contributed by atoms with Gasteiger partial charge in [-0.1, -0.05) is 65.8 Å². The van der Waals surface area contributed by atoms with Crippen LogP contribution < -0.4 is 0 Å². The van der Waals surface area contributed by atoms with Crippen LogP contribution in [0.25, 0.3) is 6.08 Å². The number of aliphatic hydroxyl groups excluding tert-OH is 1. The van der Waals surface area contributed by atoms with Crippen molar-refractivity contribution < 1.29 is 14.6 Å². The summed E-state index contributed by atoms with van der Waals surface area (Å²) in [7, 11) is 0. The SMILES string of the molecule is CCOC(=O)C1=C(C)N=C2S/C(=C/c3ccccc3)C(O)N2C1c1ccc(Cl)cc1. The lowest BCUT2D eigenvalue weighted by Crippen LogP contribution is -2.41. The number of allylic oxidation sites excluding steroid dienone is 1. The first kappa shape index (κ1) is 20.7. The first-order valence-electron chi connectivity index (χ1n) is 9.62. The molecule has 2 aliphatic rings. The zero-order valence-corrected chi connectivity index (χ0v) is 18.2. The Kier molecular flexibility index (Phi) is 5.99. The van der Waals surface area contributed by atoms with E-state index in [0.29, 0.717) is 21.5 Å². The number of aliphatic hydroxyl groups is 1. The van der Waals surface area contributed by atoms with Gasteiger partial charge in [-0.15, -0.1) is 0 Å². The molecule has 30 heavy (non-hydrogen) atoms. The molecule has 1 N–H and O–H groups in total. The number of fused-ring (bicyclic) bond motifs is 1. The summed E-state index contributed by atoms with van der Waals surface area (Å²) >= 11 is 7.48. The van der Waals surface area contributed by atoms with E-state index in [1.54, 1.807) is 30.9 Å². The predicted octanol–water partition coefficient (Wildman–Crippen LogP) is 5.00. The van der Waals surface area contributed by atoms with Crippen LogP contribution >= 0.6 is 23.4 Å². The van der Waals surface area contributed by atoms with Crippen LogP contribution in [0, 0.1) is 0 Å². The Bertz CT molecular complexity index is 1050. The highest BCUT2D eigenvalue weighted by Crippen LogP contribution is 2.47. The van der Waals surface area contributed by atoms with Gasteiger partial charge in [-0.2, -0.15) is 0 Å². The van der Waals surface area contributed by atoms with Crippen LogP contribution in [-0.4, -0.2) is 34.0 Å². The van der Waals surface area contributed by atoms with Gasteiger partial charge in [0.1, 0.15) is 0 Å². The second-order valence-corrected chi connectivity index (χ2v) is 8.39. The molecule has 2 aromatic carbocycles. The van der Waals surface area contributed by atoms with E-state index in [0.717, 1.165) is 16.0 Å². The number of benzene rings is 2. The number of carbonyl (C=O) groups excluding carboxylic acids is 1. The summed E-state index contributed by atoms with van der Waals surface area (Å²) in [6.07, 6.45) is 1.00. The molecule has 5 nitrogen and oxygen atoms in total. The minimum atomic E-state index is -0.938. The number of amidine groups is 1. The molecule has 7 heteroatoms. The number of thioether (sulfide) groups is 1. The maximum absolute atomic E-state index is 12.8. The molecule has 0 amide bonds. The van der Waals surface area contributed by atoms with Gasteiger partial charge in [-0.25, -0.2) is 9.79 Å². The molecule has 0 radical (unpaired) electrons. The Balaban J connectivity index is 1.79. The molecule has 1 saturated heterocycles. The molecule has 2 unspecified atom stereocenters. The lowest BCUT2D eigenvalue weighted by molar-refractivity contribution is -0.139. The second kappa shape index (κ2) is 8.68. The number of rotatable bonds is 4. The fourth-order valence-electron chi connectivity index (χ4n) is 3.58. The van der Waals surface area contributed by atoms with Crippen molar-refractivity contribution in [2.24, 2.45) is 4.99 Å². The molecule has 2 aliphatic heterocycles. The zero-order chi connectivity index (χ0) is 21.3. The molecule has 154 valence electrons. The summed E-state index contributed by atoms with van der Waals surface area (Å²) in [4.78, 5) is 20.0. The van der Waals surface area contributed by atoms with Gasteiger partial charge < -0.3 is 14.7 Å². The highest BCUT2D eigenvalue weighted by atomic mass is 35.5. The lowest BCUT2D eigenvalue weighted by atomic mass is 9.94. The summed E-state index contributed by atoms with van der Waals surface area (Å²) in [5.41, 5.74) is 2.82. The highest BCUT2D eigenvalue weighted by molar-refractivity contribution is 8.17. The van der Waals surface area contributed by atoms with Crippen LogP contribution in [0.1, 0.15) is 31.0 Å². The summed E-state index contributed by atoms with van der Waals surface area (Å²) in [5.74, 6) is -0.435. The maximum Gasteiger partial charge on any atom is 0.338 e. The van der Waals surface area contributed by atoms with Crippen LogP contribution in [0.3, 0.4) is 0 Å². The maximum atomic E-state index is 12.8. The van der Waals surface area contributed by atoms with Crippen LogP contribution in [0.4, 0.5) is 0 Å². The quantitative estimate of drug-likeness (QED) is 0.678. The standard InChI is InChI=1S/C23H21ClN2O3S/c1-3-29-22(28)19-14(2)25-23-26(20(19)16-9-11-17(24)12-10-16)21(27)18(30-23)13-15-7-5-4-6-8-15/h4-13,20-21,27H,3H2,1-2H3/b18-13+. The van der Waals surface area contributed by atoms with Gasteiger partial charge in [0, 0.05) is 9.93 Å². The molecule has 0 spiro atoms. The Morgan fingerprint density at radius 2 is 1.93 bits per heavy atom. The largest absolute Gasteiger partial charge is 0.463 e. The van der Waals surface area contributed by atoms with Gasteiger partial charge in [0.2, 0.25) is 0 Å². The number of aliphatic imine (C=N–C) groups is 1. The Hall–Kier alpha value is -2.54. The highest BCUT2D eigenvalue weighted by Gasteiger charge is 2.45. The van der Waals surface area contributed by atoms with E-state index in [-0.39, 0.29) is 6.61 Å². The minimum absolute atomic E-state index is 0.260. The van der Waals surface area contributed by atoms with Gasteiger partial charge in [-0.3, -0.25) is 0 Å². The molecule has 0 aliphatic carbocycles. The van der Waals surface area contributed by atoms with E-state index < -0.39 is 18.2 Å². The van der Waals surface area contributed by atoms with Gasteiger partial charge in [0.25, 0.3) is 0 Å². The van der Waals surface area contributed by atoms with Crippen molar-refractivity contribution in [2.75, 3.05) is 6.61 Å². The van der Waals surface area contributed by atoms with Crippen molar-refractivity contribution in [1.82, 2.24) is 4.90 Å². The van der Waals surface area contributed by atoms with Gasteiger partial charge in [-0.05, 0) is 43.2 Å². The first-order chi connectivity index (χ1) is 14.5. The summed E-state index contributed by atoms with van der Waals surface area (Å²) in [6.45, 7) is 3.82. The van der Waals surface area contributed by atoms with E-state index >= 15 is 0 Å². The topological polar surface area (TPSA) is 62.1 Å². The van der Waals surface area contributed by atoms with Crippen LogP contribution in [0.5, 0.6) is 0 Å². The number of halogens is 1. The number of esters is 1. The van der Waals surface area contributed by atoms with Gasteiger partial charge in [0.05, 0.1) is 23.9 Å². The zero-order valence-electron chi connectivity index (χ0n) is 16.6. The number of nitrogens with zero attached hydrogens (tertiary/aromatic N) is 2. The molecule has 2 heterocycles. The average Bonchev–Trinajstić information content (AvgIpc) is 3.03. The molecule has 0 aromatic heterocycles. The molecule has 1 fully saturated rings. The number of carbonyl (C=O) groups is 1. The molecule has 2 aromatic rings. The molecular formula is C23H21ClN2O3S. The lowest BCUT2D eigenvalue weighted by Gasteiger charge is -2.36. The third-order valence-corrected chi connectivity index (χ3v) is 6.24. The number of hydrogen-bond acceptors (Lipinski definition) is 6. The Morgan fingerprint density at radius 1 is 1.23 bits per heavy atom. The summed E-state index contributed by atoms with van der Waals surface area (Å²) in [6, 6.07) is 16.5. The third kappa shape index (κ3) is 3.90. The monoisotopic (exact) mass is 440 g/mol. The van der Waals surface area contributed by atoms with E-state index in [4.69, 9.17) is 16.3 Å². The van der Waals surface area contributed by atoms with E-state index in [2.05, 4.69) is 4.99 Å². The minimum Gasteiger partial charge on any atom is -0.463 e. The smallest absolute Gasteiger partial charge is 0.338 e. The van der Waals surface area contributed by atoms with Crippen molar-refractivity contribution in [2.45, 2.75) is 26.1 Å². The normalized spacial score (nSPS) is 22.2. The predicted molar refractivity (Wildman–Crippen MR) is 121 cm³/mol. The second-order valence-electron chi connectivity index (χ2n) is 6.91. The molecular weight excluding hydrogens is 420 g/mol. The third-order valence-electron chi connectivity index (χ3n) is 4.94. The van der Waals surface area contributed by atoms with E-state index in [1.807, 2.05) is 48.5 Å². The Morgan fingerprint density at radius 3 is 2.60 bits per heavy atom. The number of ether oxygens (including phenoxy) is 1.